The fraction of sp³-hybridized carbons (Fsp3) is 0.833. The van der Waals surface area contributed by atoms with Crippen LogP contribution in [0.4, 0.5) is 4.79 Å². The molecule has 1 fully saturated rings. The van der Waals surface area contributed by atoms with E-state index in [1.165, 1.54) is 0 Å². The molecule has 0 saturated carbocycles. The van der Waals surface area contributed by atoms with E-state index < -0.39 is 11.9 Å². The summed E-state index contributed by atoms with van der Waals surface area (Å²) in [6, 6.07) is 0.102. The number of carbonyl (C=O) groups excluding carboxylic acids is 1. The minimum absolute atomic E-state index is 0.0299. The zero-order valence-electron chi connectivity index (χ0n) is 11.0. The highest BCUT2D eigenvalue weighted by molar-refractivity contribution is 5.78. The molecule has 17 heavy (non-hydrogen) atoms. The van der Waals surface area contributed by atoms with Crippen LogP contribution in [0.15, 0.2) is 0 Å². The molecule has 0 radical (unpaired) electrons. The summed E-state index contributed by atoms with van der Waals surface area (Å²) in [6.07, 6.45) is 0. The third-order valence-corrected chi connectivity index (χ3v) is 3.41. The van der Waals surface area contributed by atoms with Crippen LogP contribution in [-0.4, -0.2) is 52.6 Å². The Morgan fingerprint density at radius 3 is 2.35 bits per heavy atom. The van der Waals surface area contributed by atoms with Gasteiger partial charge in [0.15, 0.2) is 0 Å². The molecule has 5 heteroatoms. The van der Waals surface area contributed by atoms with Crippen LogP contribution in [-0.2, 0) is 4.79 Å². The molecule has 1 aliphatic rings. The maximum Gasteiger partial charge on any atom is 0.320 e. The number of nitrogens with zero attached hydrogens (tertiary/aromatic N) is 2. The molecule has 5 nitrogen and oxygen atoms in total. The standard InChI is InChI=1S/C12H22N2O3/c1-5-14(8(2)3)12(17)13-6-9(4)10(7-13)11(15)16/h8-10H,5-7H2,1-4H3,(H,15,16). The van der Waals surface area contributed by atoms with Gasteiger partial charge in [-0.3, -0.25) is 4.79 Å². The summed E-state index contributed by atoms with van der Waals surface area (Å²) in [7, 11) is 0. The lowest BCUT2D eigenvalue weighted by Crippen LogP contribution is -2.45. The lowest BCUT2D eigenvalue weighted by atomic mass is 9.99. The fourth-order valence-electron chi connectivity index (χ4n) is 2.35. The second-order valence-corrected chi connectivity index (χ2v) is 4.99. The average molecular weight is 242 g/mol. The van der Waals surface area contributed by atoms with Crippen LogP contribution in [0.2, 0.25) is 0 Å². The van der Waals surface area contributed by atoms with E-state index in [2.05, 4.69) is 0 Å². The van der Waals surface area contributed by atoms with Crippen molar-refractivity contribution in [1.29, 1.82) is 0 Å². The van der Waals surface area contributed by atoms with Crippen molar-refractivity contribution in [3.8, 4) is 0 Å². The smallest absolute Gasteiger partial charge is 0.320 e. The first-order chi connectivity index (χ1) is 7.88. The third-order valence-electron chi connectivity index (χ3n) is 3.41. The highest BCUT2D eigenvalue weighted by Gasteiger charge is 2.38. The molecule has 1 heterocycles. The molecule has 0 aromatic heterocycles. The molecule has 1 saturated heterocycles. The van der Waals surface area contributed by atoms with E-state index in [1.807, 2.05) is 27.7 Å². The molecular weight excluding hydrogens is 220 g/mol. The van der Waals surface area contributed by atoms with Crippen molar-refractivity contribution in [2.75, 3.05) is 19.6 Å². The van der Waals surface area contributed by atoms with Crippen molar-refractivity contribution in [2.24, 2.45) is 11.8 Å². The summed E-state index contributed by atoms with van der Waals surface area (Å²) in [5.74, 6) is -1.20. The Kier molecular flexibility index (Phi) is 4.37. The van der Waals surface area contributed by atoms with E-state index in [9.17, 15) is 9.59 Å². The maximum atomic E-state index is 12.2. The minimum Gasteiger partial charge on any atom is -0.481 e. The van der Waals surface area contributed by atoms with E-state index in [0.29, 0.717) is 19.6 Å². The number of amides is 2. The highest BCUT2D eigenvalue weighted by Crippen LogP contribution is 2.24. The Labute approximate surface area is 102 Å². The highest BCUT2D eigenvalue weighted by atomic mass is 16.4. The number of carboxylic acids is 1. The molecule has 2 atom stereocenters. The van der Waals surface area contributed by atoms with Crippen molar-refractivity contribution in [2.45, 2.75) is 33.7 Å². The van der Waals surface area contributed by atoms with Gasteiger partial charge in [-0.05, 0) is 26.7 Å². The normalized spacial score (nSPS) is 24.2. The van der Waals surface area contributed by atoms with Crippen LogP contribution in [0, 0.1) is 11.8 Å². The second-order valence-electron chi connectivity index (χ2n) is 4.99. The minimum atomic E-state index is -0.805. The van der Waals surface area contributed by atoms with Gasteiger partial charge in [-0.2, -0.15) is 0 Å². The van der Waals surface area contributed by atoms with Gasteiger partial charge in [0.2, 0.25) is 0 Å². The molecular formula is C12H22N2O3. The predicted molar refractivity (Wildman–Crippen MR) is 64.8 cm³/mol. The van der Waals surface area contributed by atoms with Gasteiger partial charge >= 0.3 is 12.0 Å². The van der Waals surface area contributed by atoms with Crippen LogP contribution < -0.4 is 0 Å². The summed E-state index contributed by atoms with van der Waals surface area (Å²) in [5, 5.41) is 9.04. The predicted octanol–water partition coefficient (Wildman–Crippen LogP) is 1.49. The van der Waals surface area contributed by atoms with Crippen LogP contribution in [0.5, 0.6) is 0 Å². The first-order valence-electron chi connectivity index (χ1n) is 6.16. The molecule has 2 amide bonds. The van der Waals surface area contributed by atoms with Crippen molar-refractivity contribution >= 4 is 12.0 Å². The topological polar surface area (TPSA) is 60.9 Å². The average Bonchev–Trinajstić information content (AvgIpc) is 2.60. The van der Waals surface area contributed by atoms with Crippen molar-refractivity contribution in [3.05, 3.63) is 0 Å². The number of carboxylic acid groups (broad SMARTS) is 1. The van der Waals surface area contributed by atoms with Gasteiger partial charge in [-0.25, -0.2) is 4.79 Å². The number of rotatable bonds is 3. The first-order valence-corrected chi connectivity index (χ1v) is 6.16. The summed E-state index contributed by atoms with van der Waals surface area (Å²) in [5.41, 5.74) is 0. The monoisotopic (exact) mass is 242 g/mol. The Hall–Kier alpha value is -1.26. The number of carbonyl (C=O) groups is 2. The van der Waals surface area contributed by atoms with Crippen LogP contribution >= 0.6 is 0 Å². The summed E-state index contributed by atoms with van der Waals surface area (Å²) in [4.78, 5) is 26.6. The van der Waals surface area contributed by atoms with Gasteiger partial charge in [0.1, 0.15) is 0 Å². The largest absolute Gasteiger partial charge is 0.481 e. The zero-order chi connectivity index (χ0) is 13.2. The van der Waals surface area contributed by atoms with E-state index in [4.69, 9.17) is 5.11 Å². The van der Waals surface area contributed by atoms with E-state index >= 15 is 0 Å². The molecule has 98 valence electrons. The molecule has 0 spiro atoms. The van der Waals surface area contributed by atoms with E-state index in [-0.39, 0.29) is 18.0 Å². The number of likely N-dealkylation sites (tertiary alicyclic amines) is 1. The number of aliphatic carboxylic acids is 1. The molecule has 1 rings (SSSR count). The zero-order valence-corrected chi connectivity index (χ0v) is 11.0. The summed E-state index contributed by atoms with van der Waals surface area (Å²) in [6.45, 7) is 9.28. The van der Waals surface area contributed by atoms with Crippen molar-refractivity contribution in [3.63, 3.8) is 0 Å². The Bertz CT molecular complexity index is 304. The number of urea groups is 1. The van der Waals surface area contributed by atoms with Gasteiger partial charge in [0, 0.05) is 25.7 Å². The molecule has 0 aromatic rings. The lowest BCUT2D eigenvalue weighted by molar-refractivity contribution is -0.142. The number of hydrogen-bond donors (Lipinski definition) is 1. The first kappa shape index (κ1) is 13.8. The van der Waals surface area contributed by atoms with Crippen LogP contribution in [0.25, 0.3) is 0 Å². The van der Waals surface area contributed by atoms with Crippen molar-refractivity contribution < 1.29 is 14.7 Å². The fourth-order valence-corrected chi connectivity index (χ4v) is 2.35. The maximum absolute atomic E-state index is 12.2. The SMILES string of the molecule is CCN(C(=O)N1CC(C)C(C(=O)O)C1)C(C)C. The quantitative estimate of drug-likeness (QED) is 0.815. The van der Waals surface area contributed by atoms with Gasteiger partial charge < -0.3 is 14.9 Å². The molecule has 0 bridgehead atoms. The third kappa shape index (κ3) is 2.90. The molecule has 0 aliphatic carbocycles. The Balaban J connectivity index is 2.70. The number of hydrogen-bond acceptors (Lipinski definition) is 2. The molecule has 0 aromatic carbocycles. The van der Waals surface area contributed by atoms with Gasteiger partial charge in [0.05, 0.1) is 5.92 Å². The van der Waals surface area contributed by atoms with Crippen molar-refractivity contribution in [1.82, 2.24) is 9.80 Å². The van der Waals surface area contributed by atoms with Gasteiger partial charge in [-0.15, -0.1) is 0 Å². The van der Waals surface area contributed by atoms with Gasteiger partial charge in [0.25, 0.3) is 0 Å². The summed E-state index contributed by atoms with van der Waals surface area (Å²) < 4.78 is 0. The van der Waals surface area contributed by atoms with E-state index in [1.54, 1.807) is 9.80 Å². The van der Waals surface area contributed by atoms with Gasteiger partial charge in [-0.1, -0.05) is 6.92 Å². The van der Waals surface area contributed by atoms with E-state index in [0.717, 1.165) is 0 Å². The Morgan fingerprint density at radius 2 is 2.00 bits per heavy atom. The molecule has 1 aliphatic heterocycles. The lowest BCUT2D eigenvalue weighted by Gasteiger charge is -2.30. The van der Waals surface area contributed by atoms with Crippen LogP contribution in [0.3, 0.4) is 0 Å². The second kappa shape index (κ2) is 5.38. The van der Waals surface area contributed by atoms with Crippen LogP contribution in [0.1, 0.15) is 27.7 Å². The molecule has 2 unspecified atom stereocenters. The summed E-state index contributed by atoms with van der Waals surface area (Å²) >= 11 is 0. The molecule has 1 N–H and O–H groups in total. The Morgan fingerprint density at radius 1 is 1.41 bits per heavy atom.